The lowest BCUT2D eigenvalue weighted by atomic mass is 9.53. The average Bonchev–Trinajstić information content (AvgIpc) is 3.26. The molecule has 2 bridgehead atoms. The maximum absolute atomic E-state index is 9.55. The molecular formula is C23H26N2O5S. The van der Waals surface area contributed by atoms with Gasteiger partial charge in [0.1, 0.15) is 5.75 Å². The Balaban J connectivity index is 0.000000250. The van der Waals surface area contributed by atoms with Gasteiger partial charge in [0.2, 0.25) is 0 Å². The minimum Gasteiger partial charge on any atom is -0.478 e. The fourth-order valence-corrected chi connectivity index (χ4v) is 5.98. The van der Waals surface area contributed by atoms with Gasteiger partial charge < -0.3 is 20.3 Å². The molecule has 2 aliphatic carbocycles. The summed E-state index contributed by atoms with van der Waals surface area (Å²) in [5, 5.41) is 22.1. The normalized spacial score (nSPS) is 26.2. The molecule has 7 nitrogen and oxygen atoms in total. The van der Waals surface area contributed by atoms with Crippen LogP contribution in [0.1, 0.15) is 43.2 Å². The number of piperidine rings is 1. The highest BCUT2D eigenvalue weighted by atomic mass is 32.1. The van der Waals surface area contributed by atoms with E-state index in [-0.39, 0.29) is 0 Å². The van der Waals surface area contributed by atoms with Gasteiger partial charge in [-0.2, -0.15) is 0 Å². The number of nitrogens with zero attached hydrogens (tertiary/aromatic N) is 1. The zero-order chi connectivity index (χ0) is 21.8. The summed E-state index contributed by atoms with van der Waals surface area (Å²) >= 11 is 1.55. The van der Waals surface area contributed by atoms with Gasteiger partial charge in [-0.05, 0) is 61.4 Å². The Labute approximate surface area is 184 Å². The molecule has 5 rings (SSSR count). The first-order chi connectivity index (χ1) is 15.0. The van der Waals surface area contributed by atoms with Crippen LogP contribution in [0.2, 0.25) is 0 Å². The molecule has 2 aromatic rings. The topological polar surface area (TPSA) is 109 Å². The van der Waals surface area contributed by atoms with E-state index in [1.807, 2.05) is 5.38 Å². The Morgan fingerprint density at radius 1 is 1.19 bits per heavy atom. The van der Waals surface area contributed by atoms with Crippen molar-refractivity contribution in [2.45, 2.75) is 50.0 Å². The minimum absolute atomic E-state index is 0.393. The van der Waals surface area contributed by atoms with Gasteiger partial charge >= 0.3 is 11.9 Å². The van der Waals surface area contributed by atoms with E-state index in [2.05, 4.69) is 28.5 Å². The van der Waals surface area contributed by atoms with E-state index in [0.29, 0.717) is 23.6 Å². The predicted octanol–water partition coefficient (Wildman–Crippen LogP) is 3.99. The van der Waals surface area contributed by atoms with Crippen LogP contribution in [0.15, 0.2) is 41.9 Å². The molecule has 1 saturated heterocycles. The van der Waals surface area contributed by atoms with Crippen molar-refractivity contribution >= 4 is 23.3 Å². The lowest BCUT2D eigenvalue weighted by Crippen LogP contribution is -2.59. The molecule has 3 atom stereocenters. The van der Waals surface area contributed by atoms with Crippen molar-refractivity contribution in [3.63, 3.8) is 0 Å². The van der Waals surface area contributed by atoms with Crippen molar-refractivity contribution < 1.29 is 24.5 Å². The third-order valence-electron chi connectivity index (χ3n) is 6.60. The zero-order valence-corrected chi connectivity index (χ0v) is 17.9. The van der Waals surface area contributed by atoms with Gasteiger partial charge in [0, 0.05) is 35.2 Å². The summed E-state index contributed by atoms with van der Waals surface area (Å²) in [6, 6.07) is 7.43. The lowest BCUT2D eigenvalue weighted by molar-refractivity contribution is -0.134. The minimum atomic E-state index is -1.26. The van der Waals surface area contributed by atoms with E-state index in [0.717, 1.165) is 23.4 Å². The van der Waals surface area contributed by atoms with Crippen LogP contribution in [0.3, 0.4) is 0 Å². The van der Waals surface area contributed by atoms with Crippen molar-refractivity contribution in [3.05, 3.63) is 53.1 Å². The molecule has 1 saturated carbocycles. The monoisotopic (exact) mass is 442 g/mol. The number of thiazole rings is 1. The number of ether oxygens (including phenoxy) is 1. The van der Waals surface area contributed by atoms with E-state index in [1.54, 1.807) is 23.1 Å². The van der Waals surface area contributed by atoms with E-state index in [9.17, 15) is 9.59 Å². The van der Waals surface area contributed by atoms with Crippen molar-refractivity contribution in [2.24, 2.45) is 5.92 Å². The Bertz CT molecular complexity index is 954. The third kappa shape index (κ3) is 4.65. The smallest absolute Gasteiger partial charge is 0.328 e. The van der Waals surface area contributed by atoms with Crippen LogP contribution in [0.5, 0.6) is 10.9 Å². The fourth-order valence-electron chi connectivity index (χ4n) is 5.47. The molecule has 2 heterocycles. The average molecular weight is 443 g/mol. The second-order valence-electron chi connectivity index (χ2n) is 8.25. The molecule has 164 valence electrons. The summed E-state index contributed by atoms with van der Waals surface area (Å²) in [6.07, 6.45) is 10.9. The van der Waals surface area contributed by atoms with E-state index in [4.69, 9.17) is 14.9 Å². The molecule has 0 radical (unpaired) electrons. The van der Waals surface area contributed by atoms with Gasteiger partial charge in [-0.3, -0.25) is 0 Å². The van der Waals surface area contributed by atoms with Crippen LogP contribution in [-0.2, 0) is 21.4 Å². The number of hydrogen-bond acceptors (Lipinski definition) is 6. The first-order valence-corrected chi connectivity index (χ1v) is 11.4. The highest BCUT2D eigenvalue weighted by molar-refractivity contribution is 7.11. The number of carbonyl (C=O) groups is 2. The molecule has 3 N–H and O–H groups in total. The highest BCUT2D eigenvalue weighted by Gasteiger charge is 2.51. The summed E-state index contributed by atoms with van der Waals surface area (Å²) in [4.78, 5) is 23.4. The number of nitrogens with one attached hydrogen (secondary N) is 1. The van der Waals surface area contributed by atoms with Crippen LogP contribution in [-0.4, -0.2) is 39.7 Å². The first kappa shape index (κ1) is 21.5. The number of aliphatic carboxylic acids is 2. The first-order valence-electron chi connectivity index (χ1n) is 10.6. The van der Waals surface area contributed by atoms with Crippen LogP contribution in [0.25, 0.3) is 0 Å². The molecule has 1 aromatic heterocycles. The molecule has 3 aliphatic rings. The molecule has 2 fully saturated rings. The number of hydrogen-bond donors (Lipinski definition) is 3. The highest BCUT2D eigenvalue weighted by Crippen LogP contribution is 2.54. The lowest BCUT2D eigenvalue weighted by Gasteiger charge is -2.56. The van der Waals surface area contributed by atoms with Crippen LogP contribution in [0.4, 0.5) is 0 Å². The summed E-state index contributed by atoms with van der Waals surface area (Å²) in [5.41, 5.74) is 3.50. The maximum atomic E-state index is 9.55. The molecule has 8 heteroatoms. The number of benzene rings is 1. The molecule has 1 aromatic carbocycles. The predicted molar refractivity (Wildman–Crippen MR) is 117 cm³/mol. The maximum Gasteiger partial charge on any atom is 0.328 e. The van der Waals surface area contributed by atoms with Crippen molar-refractivity contribution in [3.8, 4) is 10.9 Å². The molecule has 0 amide bonds. The zero-order valence-electron chi connectivity index (χ0n) is 17.1. The summed E-state index contributed by atoms with van der Waals surface area (Å²) in [7, 11) is 0. The fraction of sp³-hybridized carbons (Fsp3) is 0.435. The van der Waals surface area contributed by atoms with E-state index >= 15 is 0 Å². The van der Waals surface area contributed by atoms with E-state index < -0.39 is 11.9 Å². The van der Waals surface area contributed by atoms with E-state index in [1.165, 1.54) is 44.1 Å². The Morgan fingerprint density at radius 3 is 2.71 bits per heavy atom. The van der Waals surface area contributed by atoms with Gasteiger partial charge in [-0.1, -0.05) is 30.2 Å². The standard InChI is InChI=1S/C19H22N2OS.C4H4O4/c1-2-6-19-7-8-20-17(15(19)3-1)11-13-4-5-14(12-16(13)19)22-18-21-9-10-23-18;5-3(6)1-2-4(7)8/h4-5,9-10,12,15,17,20H,1-3,6-8,11H2;1-2H,(H,5,6)(H,7,8)/b;2-1-/t15-,17+,19+;/m0./s1. The number of fused-ring (bicyclic) bond motifs is 1. The molecule has 0 spiro atoms. The van der Waals surface area contributed by atoms with Gasteiger partial charge in [0.25, 0.3) is 5.19 Å². The molecule has 0 unspecified atom stereocenters. The third-order valence-corrected chi connectivity index (χ3v) is 7.25. The van der Waals surface area contributed by atoms with Crippen molar-refractivity contribution in [2.75, 3.05) is 6.54 Å². The summed E-state index contributed by atoms with van der Waals surface area (Å²) in [5.74, 6) is -0.748. The Hall–Kier alpha value is -2.71. The van der Waals surface area contributed by atoms with Gasteiger partial charge in [-0.15, -0.1) is 0 Å². The van der Waals surface area contributed by atoms with Gasteiger partial charge in [0.15, 0.2) is 0 Å². The Morgan fingerprint density at radius 2 is 2.00 bits per heavy atom. The summed E-state index contributed by atoms with van der Waals surface area (Å²) in [6.45, 7) is 1.16. The van der Waals surface area contributed by atoms with Crippen LogP contribution >= 0.6 is 11.3 Å². The number of rotatable bonds is 4. The van der Waals surface area contributed by atoms with Gasteiger partial charge in [0.05, 0.1) is 0 Å². The van der Waals surface area contributed by atoms with Crippen LogP contribution < -0.4 is 10.1 Å². The summed E-state index contributed by atoms with van der Waals surface area (Å²) < 4.78 is 5.99. The quantitative estimate of drug-likeness (QED) is 0.614. The second kappa shape index (κ2) is 9.20. The Kier molecular flexibility index (Phi) is 6.38. The SMILES string of the molecule is O=C(O)/C=C\C(=O)O.c1csc(Oc2ccc3c(c2)[C@@]24CCCC[C@H]2[C@@H](C3)NCC4)n1. The number of carboxylic acid groups (broad SMARTS) is 2. The number of aromatic nitrogens is 1. The van der Waals surface area contributed by atoms with Crippen molar-refractivity contribution in [1.82, 2.24) is 10.3 Å². The van der Waals surface area contributed by atoms with Gasteiger partial charge in [-0.25, -0.2) is 14.6 Å². The molecule has 1 aliphatic heterocycles. The number of carboxylic acids is 2. The molecule has 31 heavy (non-hydrogen) atoms. The largest absolute Gasteiger partial charge is 0.478 e. The van der Waals surface area contributed by atoms with Crippen molar-refractivity contribution in [1.29, 1.82) is 0 Å². The van der Waals surface area contributed by atoms with Crippen LogP contribution in [0, 0.1) is 5.92 Å². The molecular weight excluding hydrogens is 416 g/mol. The second-order valence-corrected chi connectivity index (χ2v) is 9.11.